The van der Waals surface area contributed by atoms with Crippen molar-refractivity contribution in [2.24, 2.45) is 10.2 Å². The van der Waals surface area contributed by atoms with Crippen LogP contribution in [0.4, 0.5) is 5.82 Å². The van der Waals surface area contributed by atoms with E-state index in [4.69, 9.17) is 6.42 Å². The zero-order chi connectivity index (χ0) is 16.8. The van der Waals surface area contributed by atoms with E-state index in [1.54, 1.807) is 0 Å². The molecule has 0 atom stereocenters. The van der Waals surface area contributed by atoms with Crippen LogP contribution in [-0.4, -0.2) is 29.6 Å². The molecule has 2 aliphatic rings. The minimum Gasteiger partial charge on any atom is -0.356 e. The molecule has 0 aromatic carbocycles. The molecule has 3 rings (SSSR count). The summed E-state index contributed by atoms with van der Waals surface area (Å²) in [5.74, 6) is 3.61. The van der Waals surface area contributed by atoms with Crippen molar-refractivity contribution in [3.05, 3.63) is 23.9 Å². The van der Waals surface area contributed by atoms with E-state index in [-0.39, 0.29) is 5.91 Å². The smallest absolute Gasteiger partial charge is 0.220 e. The van der Waals surface area contributed by atoms with Gasteiger partial charge in [-0.2, -0.15) is 10.2 Å². The first-order valence-electron chi connectivity index (χ1n) is 8.55. The molecule has 126 valence electrons. The lowest BCUT2D eigenvalue weighted by atomic mass is 10.0. The SMILES string of the molecule is C#CCCC1(CCC(=O)NCc2cccnc2N2CCCC2)N=N1. The van der Waals surface area contributed by atoms with Crippen molar-refractivity contribution < 1.29 is 4.79 Å². The summed E-state index contributed by atoms with van der Waals surface area (Å²) >= 11 is 0. The molecular formula is C18H23N5O. The summed E-state index contributed by atoms with van der Waals surface area (Å²) in [6.07, 6.45) is 11.9. The first kappa shape index (κ1) is 16.4. The molecule has 6 heteroatoms. The van der Waals surface area contributed by atoms with E-state index in [1.165, 1.54) is 12.8 Å². The van der Waals surface area contributed by atoms with E-state index in [0.717, 1.165) is 30.9 Å². The number of rotatable bonds is 8. The fourth-order valence-electron chi connectivity index (χ4n) is 3.05. The van der Waals surface area contributed by atoms with Crippen LogP contribution in [0.25, 0.3) is 0 Å². The maximum absolute atomic E-state index is 12.1. The summed E-state index contributed by atoms with van der Waals surface area (Å²) in [4.78, 5) is 18.9. The number of carbonyl (C=O) groups is 1. The van der Waals surface area contributed by atoms with Gasteiger partial charge < -0.3 is 10.2 Å². The van der Waals surface area contributed by atoms with Crippen LogP contribution in [-0.2, 0) is 11.3 Å². The van der Waals surface area contributed by atoms with Crippen LogP contribution in [0.3, 0.4) is 0 Å². The highest BCUT2D eigenvalue weighted by atomic mass is 16.1. The molecule has 0 radical (unpaired) electrons. The highest BCUT2D eigenvalue weighted by Gasteiger charge is 2.39. The Morgan fingerprint density at radius 2 is 2.12 bits per heavy atom. The molecule has 2 aliphatic heterocycles. The fraction of sp³-hybridized carbons (Fsp3) is 0.556. The monoisotopic (exact) mass is 325 g/mol. The van der Waals surface area contributed by atoms with E-state index in [9.17, 15) is 4.79 Å². The molecule has 3 heterocycles. The van der Waals surface area contributed by atoms with Crippen LogP contribution in [0.1, 0.15) is 44.1 Å². The summed E-state index contributed by atoms with van der Waals surface area (Å²) in [6.45, 7) is 2.58. The Balaban J connectivity index is 1.47. The van der Waals surface area contributed by atoms with Crippen molar-refractivity contribution in [2.45, 2.75) is 50.7 Å². The quantitative estimate of drug-likeness (QED) is 0.747. The number of terminal acetylenes is 1. The normalized spacial score (nSPS) is 17.5. The number of hydrogen-bond donors (Lipinski definition) is 1. The predicted molar refractivity (Wildman–Crippen MR) is 92.4 cm³/mol. The average Bonchev–Trinajstić information content (AvgIpc) is 3.17. The maximum atomic E-state index is 12.1. The maximum Gasteiger partial charge on any atom is 0.220 e. The van der Waals surface area contributed by atoms with Gasteiger partial charge in [-0.25, -0.2) is 4.98 Å². The summed E-state index contributed by atoms with van der Waals surface area (Å²) in [7, 11) is 0. The Labute approximate surface area is 142 Å². The number of aromatic nitrogens is 1. The summed E-state index contributed by atoms with van der Waals surface area (Å²) in [6, 6.07) is 3.94. The van der Waals surface area contributed by atoms with Crippen molar-refractivity contribution in [3.63, 3.8) is 0 Å². The first-order chi connectivity index (χ1) is 11.7. The molecule has 0 bridgehead atoms. The van der Waals surface area contributed by atoms with Gasteiger partial charge in [0.25, 0.3) is 0 Å². The van der Waals surface area contributed by atoms with Crippen LogP contribution in [0.5, 0.6) is 0 Å². The second kappa shape index (κ2) is 7.43. The van der Waals surface area contributed by atoms with Crippen molar-refractivity contribution in [2.75, 3.05) is 18.0 Å². The molecule has 1 fully saturated rings. The van der Waals surface area contributed by atoms with E-state index < -0.39 is 5.66 Å². The van der Waals surface area contributed by atoms with Gasteiger partial charge in [-0.1, -0.05) is 6.07 Å². The predicted octanol–water partition coefficient (Wildman–Crippen LogP) is 2.65. The minimum absolute atomic E-state index is 0.0172. The zero-order valence-electron chi connectivity index (χ0n) is 13.9. The highest BCUT2D eigenvalue weighted by Crippen LogP contribution is 2.37. The van der Waals surface area contributed by atoms with Gasteiger partial charge in [0.05, 0.1) is 0 Å². The standard InChI is InChI=1S/C18H23N5O/c1-2-3-9-18(21-22-18)10-8-16(24)20-14-15-7-6-11-19-17(15)23-12-4-5-13-23/h1,6-7,11H,3-5,8-10,12-14H2,(H,20,24). The molecule has 24 heavy (non-hydrogen) atoms. The van der Waals surface area contributed by atoms with Crippen LogP contribution in [0.2, 0.25) is 0 Å². The zero-order valence-corrected chi connectivity index (χ0v) is 13.9. The van der Waals surface area contributed by atoms with Gasteiger partial charge in [-0.15, -0.1) is 12.3 Å². The summed E-state index contributed by atoms with van der Waals surface area (Å²) < 4.78 is 0. The van der Waals surface area contributed by atoms with Crippen molar-refractivity contribution >= 4 is 11.7 Å². The minimum atomic E-state index is -0.390. The number of anilines is 1. The lowest BCUT2D eigenvalue weighted by Crippen LogP contribution is -2.27. The lowest BCUT2D eigenvalue weighted by Gasteiger charge is -2.20. The van der Waals surface area contributed by atoms with Crippen LogP contribution in [0, 0.1) is 12.3 Å². The topological polar surface area (TPSA) is 70.0 Å². The van der Waals surface area contributed by atoms with E-state index in [0.29, 0.717) is 25.8 Å². The lowest BCUT2D eigenvalue weighted by molar-refractivity contribution is -0.121. The third kappa shape index (κ3) is 4.10. The number of carbonyl (C=O) groups excluding carboxylic acids is 1. The van der Waals surface area contributed by atoms with Crippen molar-refractivity contribution in [3.8, 4) is 12.3 Å². The van der Waals surface area contributed by atoms with E-state index in [2.05, 4.69) is 31.3 Å². The number of hydrogen-bond acceptors (Lipinski definition) is 5. The Kier molecular flexibility index (Phi) is 5.09. The van der Waals surface area contributed by atoms with Gasteiger partial charge in [-0.05, 0) is 18.9 Å². The Hall–Kier alpha value is -2.42. The average molecular weight is 325 g/mol. The molecule has 1 aromatic rings. The molecule has 1 amide bonds. The number of nitrogens with one attached hydrogen (secondary N) is 1. The van der Waals surface area contributed by atoms with Gasteiger partial charge in [0.15, 0.2) is 5.66 Å². The first-order valence-corrected chi connectivity index (χ1v) is 8.55. The van der Waals surface area contributed by atoms with Gasteiger partial charge in [0.2, 0.25) is 5.91 Å². The largest absolute Gasteiger partial charge is 0.356 e. The molecule has 0 spiro atoms. The molecule has 0 aliphatic carbocycles. The summed E-state index contributed by atoms with van der Waals surface area (Å²) in [5.41, 5.74) is 0.675. The molecular weight excluding hydrogens is 302 g/mol. The third-order valence-corrected chi connectivity index (χ3v) is 4.55. The van der Waals surface area contributed by atoms with Crippen molar-refractivity contribution in [1.82, 2.24) is 10.3 Å². The highest BCUT2D eigenvalue weighted by molar-refractivity contribution is 5.76. The van der Waals surface area contributed by atoms with E-state index >= 15 is 0 Å². The molecule has 0 saturated carbocycles. The number of nitrogens with zero attached hydrogens (tertiary/aromatic N) is 4. The van der Waals surface area contributed by atoms with Crippen LogP contribution >= 0.6 is 0 Å². The second-order valence-electron chi connectivity index (χ2n) is 6.34. The Bertz CT molecular complexity index is 652. The molecule has 1 N–H and O–H groups in total. The van der Waals surface area contributed by atoms with Gasteiger partial charge in [0, 0.05) is 57.1 Å². The molecule has 0 unspecified atom stereocenters. The molecule has 1 aromatic heterocycles. The number of amides is 1. The number of pyridine rings is 1. The molecule has 6 nitrogen and oxygen atoms in total. The van der Waals surface area contributed by atoms with Gasteiger partial charge in [-0.3, -0.25) is 4.79 Å². The fourth-order valence-corrected chi connectivity index (χ4v) is 3.05. The van der Waals surface area contributed by atoms with Crippen LogP contribution in [0.15, 0.2) is 28.6 Å². The third-order valence-electron chi connectivity index (χ3n) is 4.55. The second-order valence-corrected chi connectivity index (χ2v) is 6.34. The van der Waals surface area contributed by atoms with Gasteiger partial charge in [0.1, 0.15) is 5.82 Å². The van der Waals surface area contributed by atoms with Crippen molar-refractivity contribution in [1.29, 1.82) is 0 Å². The Morgan fingerprint density at radius 3 is 2.83 bits per heavy atom. The van der Waals surface area contributed by atoms with Crippen LogP contribution < -0.4 is 10.2 Å². The summed E-state index contributed by atoms with van der Waals surface area (Å²) in [5, 5.41) is 11.1. The van der Waals surface area contributed by atoms with E-state index in [1.807, 2.05) is 18.3 Å². The molecule has 1 saturated heterocycles. The van der Waals surface area contributed by atoms with Gasteiger partial charge >= 0.3 is 0 Å². The Morgan fingerprint density at radius 1 is 1.33 bits per heavy atom.